The Bertz CT molecular complexity index is 186. The molecule has 1 unspecified atom stereocenters. The molecule has 1 atom stereocenters. The molecule has 0 aliphatic carbocycles. The van der Waals surface area contributed by atoms with Crippen molar-refractivity contribution in [1.29, 1.82) is 0 Å². The van der Waals surface area contributed by atoms with Crippen LogP contribution in [0.1, 0.15) is 27.7 Å². The molecule has 104 valence electrons. The van der Waals surface area contributed by atoms with E-state index in [1.54, 1.807) is 14.2 Å². The number of rotatable bonds is 10. The minimum Gasteiger partial charge on any atom is -0.383 e. The summed E-state index contributed by atoms with van der Waals surface area (Å²) in [5, 5.41) is 3.50. The van der Waals surface area contributed by atoms with Gasteiger partial charge in [-0.1, -0.05) is 6.92 Å². The molecule has 0 rings (SSSR count). The first-order valence-corrected chi connectivity index (χ1v) is 6.43. The average Bonchev–Trinajstić information content (AvgIpc) is 2.24. The van der Waals surface area contributed by atoms with Crippen LogP contribution in [0.2, 0.25) is 0 Å². The van der Waals surface area contributed by atoms with Crippen LogP contribution < -0.4 is 5.32 Å². The molecule has 0 spiro atoms. The van der Waals surface area contributed by atoms with Crippen molar-refractivity contribution in [2.75, 3.05) is 47.1 Å². The second-order valence-electron chi connectivity index (χ2n) is 5.18. The first-order chi connectivity index (χ1) is 7.96. The van der Waals surface area contributed by atoms with Gasteiger partial charge in [-0.05, 0) is 27.3 Å². The van der Waals surface area contributed by atoms with Crippen LogP contribution in [0, 0.1) is 0 Å². The summed E-state index contributed by atoms with van der Waals surface area (Å²) in [5.41, 5.74) is 0.116. The molecule has 0 aliphatic rings. The van der Waals surface area contributed by atoms with Gasteiger partial charge in [0.15, 0.2) is 0 Å². The third-order valence-corrected chi connectivity index (χ3v) is 2.87. The highest BCUT2D eigenvalue weighted by Gasteiger charge is 2.23. The smallest absolute Gasteiger partial charge is 0.0615 e. The lowest BCUT2D eigenvalue weighted by Gasteiger charge is -2.36. The lowest BCUT2D eigenvalue weighted by molar-refractivity contribution is 0.0595. The first kappa shape index (κ1) is 16.8. The number of nitrogens with one attached hydrogen (secondary N) is 1. The fourth-order valence-electron chi connectivity index (χ4n) is 2.05. The summed E-state index contributed by atoms with van der Waals surface area (Å²) in [6.07, 6.45) is 0. The molecule has 4 heteroatoms. The van der Waals surface area contributed by atoms with Gasteiger partial charge in [-0.15, -0.1) is 0 Å². The maximum absolute atomic E-state index is 5.24. The maximum Gasteiger partial charge on any atom is 0.0615 e. The molecule has 0 saturated heterocycles. The zero-order chi connectivity index (χ0) is 13.3. The Morgan fingerprint density at radius 1 is 1.24 bits per heavy atom. The van der Waals surface area contributed by atoms with Gasteiger partial charge >= 0.3 is 0 Å². The molecular formula is C13H30N2O2. The zero-order valence-corrected chi connectivity index (χ0v) is 12.4. The van der Waals surface area contributed by atoms with Crippen molar-refractivity contribution >= 4 is 0 Å². The van der Waals surface area contributed by atoms with Crippen LogP contribution in [0.3, 0.4) is 0 Å². The number of hydrogen-bond donors (Lipinski definition) is 1. The Labute approximate surface area is 107 Å². The minimum absolute atomic E-state index is 0.116. The summed E-state index contributed by atoms with van der Waals surface area (Å²) in [4.78, 5) is 2.41. The van der Waals surface area contributed by atoms with Crippen molar-refractivity contribution in [2.45, 2.75) is 39.3 Å². The Morgan fingerprint density at radius 2 is 1.88 bits per heavy atom. The van der Waals surface area contributed by atoms with E-state index in [9.17, 15) is 0 Å². The molecule has 0 heterocycles. The number of hydrogen-bond acceptors (Lipinski definition) is 4. The maximum atomic E-state index is 5.24. The highest BCUT2D eigenvalue weighted by molar-refractivity contribution is 4.83. The lowest BCUT2D eigenvalue weighted by Crippen LogP contribution is -2.52. The third-order valence-electron chi connectivity index (χ3n) is 2.87. The van der Waals surface area contributed by atoms with Crippen LogP contribution in [0.25, 0.3) is 0 Å². The zero-order valence-electron chi connectivity index (χ0n) is 12.4. The van der Waals surface area contributed by atoms with Crippen LogP contribution in [-0.4, -0.2) is 63.5 Å². The summed E-state index contributed by atoms with van der Waals surface area (Å²) >= 11 is 0. The fourth-order valence-corrected chi connectivity index (χ4v) is 2.05. The second kappa shape index (κ2) is 8.86. The van der Waals surface area contributed by atoms with Gasteiger partial charge in [0.05, 0.1) is 13.2 Å². The van der Waals surface area contributed by atoms with E-state index in [4.69, 9.17) is 9.47 Å². The molecule has 0 fully saturated rings. The van der Waals surface area contributed by atoms with E-state index in [1.807, 2.05) is 0 Å². The van der Waals surface area contributed by atoms with Crippen LogP contribution >= 0.6 is 0 Å². The Morgan fingerprint density at radius 3 is 2.35 bits per heavy atom. The Kier molecular flexibility index (Phi) is 8.78. The minimum atomic E-state index is 0.116. The van der Waals surface area contributed by atoms with E-state index in [0.29, 0.717) is 6.04 Å². The summed E-state index contributed by atoms with van der Waals surface area (Å²) in [6.45, 7) is 13.2. The van der Waals surface area contributed by atoms with E-state index in [2.05, 4.69) is 37.9 Å². The molecule has 0 amide bonds. The Hall–Kier alpha value is -0.160. The van der Waals surface area contributed by atoms with Crippen molar-refractivity contribution in [3.63, 3.8) is 0 Å². The predicted octanol–water partition coefficient (Wildman–Crippen LogP) is 1.36. The monoisotopic (exact) mass is 246 g/mol. The molecule has 0 aromatic carbocycles. The van der Waals surface area contributed by atoms with E-state index in [-0.39, 0.29) is 5.54 Å². The number of nitrogens with zero attached hydrogens (tertiary/aromatic N) is 1. The standard InChI is InChI=1S/C13H30N2O2/c1-7-14-13(3,4)11-15(8-9-16-5)12(2)10-17-6/h12,14H,7-11H2,1-6H3. The van der Waals surface area contributed by atoms with Gasteiger partial charge in [0.2, 0.25) is 0 Å². The van der Waals surface area contributed by atoms with E-state index in [0.717, 1.165) is 32.8 Å². The van der Waals surface area contributed by atoms with Crippen LogP contribution in [0.4, 0.5) is 0 Å². The molecule has 0 aromatic heterocycles. The van der Waals surface area contributed by atoms with E-state index in [1.165, 1.54) is 0 Å². The molecule has 0 aliphatic heterocycles. The number of ether oxygens (including phenoxy) is 2. The summed E-state index contributed by atoms with van der Waals surface area (Å²) in [5.74, 6) is 0. The molecule has 1 N–H and O–H groups in total. The van der Waals surface area contributed by atoms with Crippen molar-refractivity contribution < 1.29 is 9.47 Å². The van der Waals surface area contributed by atoms with Gasteiger partial charge in [-0.3, -0.25) is 4.90 Å². The van der Waals surface area contributed by atoms with Crippen LogP contribution in [-0.2, 0) is 9.47 Å². The quantitative estimate of drug-likeness (QED) is 0.631. The topological polar surface area (TPSA) is 33.7 Å². The molecule has 0 saturated carbocycles. The predicted molar refractivity (Wildman–Crippen MR) is 72.5 cm³/mol. The van der Waals surface area contributed by atoms with Crippen molar-refractivity contribution in [2.24, 2.45) is 0 Å². The highest BCUT2D eigenvalue weighted by atomic mass is 16.5. The average molecular weight is 246 g/mol. The van der Waals surface area contributed by atoms with E-state index < -0.39 is 0 Å². The highest BCUT2D eigenvalue weighted by Crippen LogP contribution is 2.09. The fraction of sp³-hybridized carbons (Fsp3) is 1.00. The van der Waals surface area contributed by atoms with Crippen LogP contribution in [0.15, 0.2) is 0 Å². The summed E-state index contributed by atoms with van der Waals surface area (Å²) in [6, 6.07) is 0.410. The first-order valence-electron chi connectivity index (χ1n) is 6.43. The largest absolute Gasteiger partial charge is 0.383 e. The normalized spacial score (nSPS) is 14.3. The number of likely N-dealkylation sites (N-methyl/N-ethyl adjacent to an activating group) is 1. The van der Waals surface area contributed by atoms with E-state index >= 15 is 0 Å². The van der Waals surface area contributed by atoms with Gasteiger partial charge in [-0.25, -0.2) is 0 Å². The van der Waals surface area contributed by atoms with Gasteiger partial charge in [0.25, 0.3) is 0 Å². The molecular weight excluding hydrogens is 216 g/mol. The van der Waals surface area contributed by atoms with Crippen molar-refractivity contribution in [3.05, 3.63) is 0 Å². The van der Waals surface area contributed by atoms with Gasteiger partial charge in [0, 0.05) is 38.9 Å². The third kappa shape index (κ3) is 7.71. The summed E-state index contributed by atoms with van der Waals surface area (Å²) < 4.78 is 10.4. The molecule has 17 heavy (non-hydrogen) atoms. The van der Waals surface area contributed by atoms with Crippen LogP contribution in [0.5, 0.6) is 0 Å². The molecule has 0 aromatic rings. The molecule has 0 bridgehead atoms. The Balaban J connectivity index is 4.35. The molecule has 0 radical (unpaired) electrons. The van der Waals surface area contributed by atoms with Gasteiger partial charge < -0.3 is 14.8 Å². The van der Waals surface area contributed by atoms with Gasteiger partial charge in [-0.2, -0.15) is 0 Å². The van der Waals surface area contributed by atoms with Crippen molar-refractivity contribution in [1.82, 2.24) is 10.2 Å². The second-order valence-corrected chi connectivity index (χ2v) is 5.18. The van der Waals surface area contributed by atoms with Crippen molar-refractivity contribution in [3.8, 4) is 0 Å². The summed E-state index contributed by atoms with van der Waals surface area (Å²) in [7, 11) is 3.50. The molecule has 4 nitrogen and oxygen atoms in total. The SMILES string of the molecule is CCNC(C)(C)CN(CCOC)C(C)COC. The number of methoxy groups -OCH3 is 2. The lowest BCUT2D eigenvalue weighted by atomic mass is 10.0. The van der Waals surface area contributed by atoms with Gasteiger partial charge in [0.1, 0.15) is 0 Å².